The lowest BCUT2D eigenvalue weighted by atomic mass is 10.2. The van der Waals surface area contributed by atoms with Crippen molar-refractivity contribution in [2.45, 2.75) is 18.1 Å². The van der Waals surface area contributed by atoms with Crippen LogP contribution in [0.25, 0.3) is 0 Å². The van der Waals surface area contributed by atoms with Gasteiger partial charge in [-0.05, 0) is 30.3 Å². The van der Waals surface area contributed by atoms with Gasteiger partial charge in [-0.15, -0.1) is 0 Å². The summed E-state index contributed by atoms with van der Waals surface area (Å²) in [7, 11) is -3.84. The van der Waals surface area contributed by atoms with Crippen LogP contribution in [-0.2, 0) is 16.4 Å². The summed E-state index contributed by atoms with van der Waals surface area (Å²) in [5, 5.41) is 14.3. The van der Waals surface area contributed by atoms with Gasteiger partial charge < -0.3 is 10.1 Å². The number of hydrogen-bond donors (Lipinski definition) is 1. The van der Waals surface area contributed by atoms with E-state index in [0.717, 1.165) is 12.3 Å². The SMILES string of the molecule is CS(=O)(=O)c1cccc(NCc2cc(Cl)ccc2OC(F)F)c1[N+](=O)[O-]. The standard InChI is InChI=1S/C15H13ClF2N2O5S/c1-26(23,24)13-4-2-3-11(14(13)20(21)22)19-8-9-7-10(16)5-6-12(9)25-15(17)18/h2-7,15,19H,8H2,1H3. The van der Waals surface area contributed by atoms with E-state index >= 15 is 0 Å². The van der Waals surface area contributed by atoms with E-state index in [1.54, 1.807) is 0 Å². The Balaban J connectivity index is 2.39. The van der Waals surface area contributed by atoms with Crippen molar-refractivity contribution < 1.29 is 26.9 Å². The number of alkyl halides is 2. The van der Waals surface area contributed by atoms with Crippen LogP contribution in [0.1, 0.15) is 5.56 Å². The Labute approximate surface area is 152 Å². The maximum Gasteiger partial charge on any atom is 0.387 e. The van der Waals surface area contributed by atoms with E-state index in [0.29, 0.717) is 0 Å². The molecule has 0 aliphatic heterocycles. The van der Waals surface area contributed by atoms with Gasteiger partial charge in [0.25, 0.3) is 0 Å². The Bertz CT molecular complexity index is 938. The van der Waals surface area contributed by atoms with E-state index in [1.165, 1.54) is 30.3 Å². The van der Waals surface area contributed by atoms with Crippen LogP contribution in [0.4, 0.5) is 20.2 Å². The number of nitro benzene ring substituents is 1. The Morgan fingerprint density at radius 1 is 1.31 bits per heavy atom. The van der Waals surface area contributed by atoms with Gasteiger partial charge in [0.1, 0.15) is 16.3 Å². The average Bonchev–Trinajstić information content (AvgIpc) is 2.53. The summed E-state index contributed by atoms with van der Waals surface area (Å²) in [5.74, 6) is -0.154. The first-order valence-electron chi connectivity index (χ1n) is 7.04. The maximum absolute atomic E-state index is 12.5. The van der Waals surface area contributed by atoms with Gasteiger partial charge in [-0.1, -0.05) is 17.7 Å². The first-order chi connectivity index (χ1) is 12.1. The van der Waals surface area contributed by atoms with Crippen LogP contribution in [0.3, 0.4) is 0 Å². The summed E-state index contributed by atoms with van der Waals surface area (Å²) < 4.78 is 52.9. The fourth-order valence-electron chi connectivity index (χ4n) is 2.24. The number of rotatable bonds is 7. The van der Waals surface area contributed by atoms with Gasteiger partial charge in [0.05, 0.1) is 4.92 Å². The van der Waals surface area contributed by atoms with Crippen LogP contribution in [-0.4, -0.2) is 26.2 Å². The highest BCUT2D eigenvalue weighted by Gasteiger charge is 2.26. The lowest BCUT2D eigenvalue weighted by Crippen LogP contribution is -2.10. The molecule has 0 amide bonds. The minimum Gasteiger partial charge on any atom is -0.434 e. The van der Waals surface area contributed by atoms with Gasteiger partial charge in [0, 0.05) is 23.4 Å². The van der Waals surface area contributed by atoms with E-state index in [-0.39, 0.29) is 28.6 Å². The quantitative estimate of drug-likeness (QED) is 0.553. The molecule has 0 spiro atoms. The number of halogens is 3. The molecule has 0 radical (unpaired) electrons. The van der Waals surface area contributed by atoms with E-state index in [4.69, 9.17) is 11.6 Å². The van der Waals surface area contributed by atoms with E-state index in [9.17, 15) is 27.3 Å². The lowest BCUT2D eigenvalue weighted by Gasteiger charge is -2.13. The van der Waals surface area contributed by atoms with E-state index < -0.39 is 32.0 Å². The third-order valence-electron chi connectivity index (χ3n) is 3.29. The van der Waals surface area contributed by atoms with E-state index in [2.05, 4.69) is 10.1 Å². The van der Waals surface area contributed by atoms with Crippen LogP contribution >= 0.6 is 11.6 Å². The molecule has 0 unspecified atom stereocenters. The van der Waals surface area contributed by atoms with Crippen molar-refractivity contribution in [1.29, 1.82) is 0 Å². The molecule has 0 aromatic heterocycles. The fourth-order valence-corrected chi connectivity index (χ4v) is 3.30. The maximum atomic E-state index is 12.5. The van der Waals surface area contributed by atoms with Gasteiger partial charge >= 0.3 is 12.3 Å². The summed E-state index contributed by atoms with van der Waals surface area (Å²) in [6.45, 7) is -3.21. The average molecular weight is 407 g/mol. The second kappa shape index (κ2) is 7.83. The Morgan fingerprint density at radius 3 is 2.58 bits per heavy atom. The number of para-hydroxylation sites is 1. The van der Waals surface area contributed by atoms with Crippen LogP contribution in [0.15, 0.2) is 41.3 Å². The van der Waals surface area contributed by atoms with Gasteiger partial charge in [0.2, 0.25) is 0 Å². The molecule has 26 heavy (non-hydrogen) atoms. The van der Waals surface area contributed by atoms with Crippen molar-refractivity contribution >= 4 is 32.8 Å². The monoisotopic (exact) mass is 406 g/mol. The second-order valence-corrected chi connectivity index (χ2v) is 7.59. The third kappa shape index (κ3) is 4.79. The van der Waals surface area contributed by atoms with Crippen molar-refractivity contribution in [1.82, 2.24) is 0 Å². The predicted octanol–water partition coefficient (Wildman–Crippen LogP) is 3.87. The molecule has 0 saturated heterocycles. The number of nitrogens with zero attached hydrogens (tertiary/aromatic N) is 1. The molecule has 2 aromatic carbocycles. The van der Waals surface area contributed by atoms with Crippen molar-refractivity contribution in [3.8, 4) is 5.75 Å². The third-order valence-corrected chi connectivity index (χ3v) is 4.65. The summed E-state index contributed by atoms with van der Waals surface area (Å²) in [5.41, 5.74) is -0.494. The molecule has 0 saturated carbocycles. The van der Waals surface area contributed by atoms with Crippen molar-refractivity contribution in [2.24, 2.45) is 0 Å². The molecule has 11 heteroatoms. The molecule has 0 atom stereocenters. The highest BCUT2D eigenvalue weighted by Crippen LogP contribution is 2.33. The van der Waals surface area contributed by atoms with Crippen molar-refractivity contribution in [3.63, 3.8) is 0 Å². The fraction of sp³-hybridized carbons (Fsp3) is 0.200. The first kappa shape index (κ1) is 19.9. The number of sulfone groups is 1. The zero-order valence-electron chi connectivity index (χ0n) is 13.3. The van der Waals surface area contributed by atoms with Gasteiger partial charge in [0.15, 0.2) is 9.84 Å². The minimum absolute atomic E-state index is 0.0825. The molecular formula is C15H13ClF2N2O5S. The summed E-state index contributed by atoms with van der Waals surface area (Å²) >= 11 is 5.84. The minimum atomic E-state index is -3.84. The molecule has 1 N–H and O–H groups in total. The molecular weight excluding hydrogens is 394 g/mol. The van der Waals surface area contributed by atoms with E-state index in [1.807, 2.05) is 0 Å². The van der Waals surface area contributed by atoms with Crippen molar-refractivity contribution in [2.75, 3.05) is 11.6 Å². The molecule has 2 aromatic rings. The summed E-state index contributed by atoms with van der Waals surface area (Å²) in [6, 6.07) is 7.72. The van der Waals surface area contributed by atoms with Gasteiger partial charge in [-0.25, -0.2) is 8.42 Å². The normalized spacial score (nSPS) is 11.4. The van der Waals surface area contributed by atoms with Crippen LogP contribution in [0.5, 0.6) is 5.75 Å². The number of nitrogens with one attached hydrogen (secondary N) is 1. The van der Waals surface area contributed by atoms with Crippen LogP contribution in [0, 0.1) is 10.1 Å². The molecule has 0 bridgehead atoms. The molecule has 0 aliphatic carbocycles. The first-order valence-corrected chi connectivity index (χ1v) is 9.31. The zero-order valence-corrected chi connectivity index (χ0v) is 14.9. The van der Waals surface area contributed by atoms with Gasteiger partial charge in [-0.3, -0.25) is 10.1 Å². The molecule has 0 fully saturated rings. The highest BCUT2D eigenvalue weighted by atomic mass is 35.5. The van der Waals surface area contributed by atoms with Crippen LogP contribution in [0.2, 0.25) is 5.02 Å². The topological polar surface area (TPSA) is 98.5 Å². The molecule has 0 aliphatic rings. The second-order valence-electron chi connectivity index (χ2n) is 5.17. The number of ether oxygens (including phenoxy) is 1. The summed E-state index contributed by atoms with van der Waals surface area (Å²) in [4.78, 5) is 10.0. The Hall–Kier alpha value is -2.46. The molecule has 140 valence electrons. The summed E-state index contributed by atoms with van der Waals surface area (Å²) in [6.07, 6.45) is 0.852. The number of hydrogen-bond acceptors (Lipinski definition) is 6. The Morgan fingerprint density at radius 2 is 2.00 bits per heavy atom. The van der Waals surface area contributed by atoms with Crippen molar-refractivity contribution in [3.05, 3.63) is 57.1 Å². The molecule has 2 rings (SSSR count). The smallest absolute Gasteiger partial charge is 0.387 e. The zero-order chi connectivity index (χ0) is 19.5. The van der Waals surface area contributed by atoms with Crippen LogP contribution < -0.4 is 10.1 Å². The number of nitro groups is 1. The van der Waals surface area contributed by atoms with Gasteiger partial charge in [-0.2, -0.15) is 8.78 Å². The number of anilines is 1. The lowest BCUT2D eigenvalue weighted by molar-refractivity contribution is -0.386. The highest BCUT2D eigenvalue weighted by molar-refractivity contribution is 7.90. The largest absolute Gasteiger partial charge is 0.434 e. The molecule has 7 nitrogen and oxygen atoms in total. The number of benzene rings is 2. The molecule has 0 heterocycles. The Kier molecular flexibility index (Phi) is 5.98. The predicted molar refractivity (Wildman–Crippen MR) is 91.6 cm³/mol.